The molecule has 3 heteroatoms. The summed E-state index contributed by atoms with van der Waals surface area (Å²) in [7, 11) is 0. The van der Waals surface area contributed by atoms with Crippen LogP contribution in [0.25, 0.3) is 0 Å². The number of rotatable bonds is 2. The molecule has 0 rings (SSSR count). The van der Waals surface area contributed by atoms with E-state index in [0.29, 0.717) is 12.0 Å². The van der Waals surface area contributed by atoms with Gasteiger partial charge in [-0.05, 0) is 0 Å². The minimum Gasteiger partial charge on any atom is 1.00 e. The summed E-state index contributed by atoms with van der Waals surface area (Å²) in [6.07, 6.45) is 0. The van der Waals surface area contributed by atoms with Crippen molar-refractivity contribution < 1.29 is 52.5 Å². The minimum atomic E-state index is -2.50. The summed E-state index contributed by atoms with van der Waals surface area (Å²) in [4.78, 5) is 0. The first-order chi connectivity index (χ1) is 7.17. The van der Waals surface area contributed by atoms with Crippen LogP contribution in [0.3, 0.4) is 0 Å². The Bertz CT molecular complexity index is 215. The SMILES string of the molecule is CC(C)[CH2][Zn-2]([C](C)(C)C)([C](C)(C)C)[C](C)(C)C.[Li+].[Li+]. The second-order valence-electron chi connectivity index (χ2n) is 10.6. The van der Waals surface area contributed by atoms with Crippen molar-refractivity contribution in [3.8, 4) is 0 Å². The van der Waals surface area contributed by atoms with Crippen LogP contribution < -0.4 is 37.7 Å². The van der Waals surface area contributed by atoms with Crippen LogP contribution >= 0.6 is 0 Å². The summed E-state index contributed by atoms with van der Waals surface area (Å²) >= 11 is -2.50. The Morgan fingerprint density at radius 3 is 0.895 bits per heavy atom. The van der Waals surface area contributed by atoms with Crippen LogP contribution in [0.5, 0.6) is 0 Å². The third kappa shape index (κ3) is 5.50. The molecular weight excluding hydrogens is 271 g/mol. The van der Waals surface area contributed by atoms with Crippen LogP contribution in [0.15, 0.2) is 0 Å². The zero-order chi connectivity index (χ0) is 14.3. The molecule has 0 saturated carbocycles. The van der Waals surface area contributed by atoms with Crippen molar-refractivity contribution in [3.63, 3.8) is 0 Å². The predicted molar refractivity (Wildman–Crippen MR) is 78.8 cm³/mol. The first kappa shape index (κ1) is 25.8. The maximum absolute atomic E-state index is 2.52. The Balaban J connectivity index is -0.00000128. The summed E-state index contributed by atoms with van der Waals surface area (Å²) in [5, 5.41) is 1.51. The summed E-state index contributed by atoms with van der Waals surface area (Å²) in [5.41, 5.74) is 0. The molecule has 0 fully saturated rings. The second kappa shape index (κ2) is 7.89. The predicted octanol–water partition coefficient (Wildman–Crippen LogP) is 0.878. The largest absolute Gasteiger partial charge is 1.00 e. The quantitative estimate of drug-likeness (QED) is 0.665. The van der Waals surface area contributed by atoms with Gasteiger partial charge >= 0.3 is 152 Å². The Labute approximate surface area is 150 Å². The monoisotopic (exact) mass is 306 g/mol. The first-order valence-corrected chi connectivity index (χ1v) is 14.2. The normalized spacial score (nSPS) is 13.9. The van der Waals surface area contributed by atoms with Crippen LogP contribution in [0.4, 0.5) is 0 Å². The molecule has 0 amide bonds. The molecular formula is C16H36Li2Zn. The van der Waals surface area contributed by atoms with E-state index >= 15 is 0 Å². The second-order valence-corrected chi connectivity index (χ2v) is 30.6. The Morgan fingerprint density at radius 2 is 0.842 bits per heavy atom. The van der Waals surface area contributed by atoms with Gasteiger partial charge in [0.1, 0.15) is 0 Å². The maximum atomic E-state index is 2.52. The Hall–Kier alpha value is 1.82. The van der Waals surface area contributed by atoms with Gasteiger partial charge in [0.05, 0.1) is 0 Å². The van der Waals surface area contributed by atoms with Gasteiger partial charge in [-0.15, -0.1) is 0 Å². The number of hydrogen-bond donors (Lipinski definition) is 0. The minimum absolute atomic E-state index is 0. The van der Waals surface area contributed by atoms with Gasteiger partial charge < -0.3 is 0 Å². The molecule has 0 unspecified atom stereocenters. The maximum Gasteiger partial charge on any atom is 1.00 e. The van der Waals surface area contributed by atoms with E-state index in [1.165, 1.54) is 5.02 Å². The van der Waals surface area contributed by atoms with Gasteiger partial charge in [-0.1, -0.05) is 0 Å². The molecule has 0 nitrogen and oxygen atoms in total. The van der Waals surface area contributed by atoms with Crippen LogP contribution in [-0.4, -0.2) is 0 Å². The van der Waals surface area contributed by atoms with Crippen molar-refractivity contribution in [2.24, 2.45) is 5.92 Å². The third-order valence-corrected chi connectivity index (χ3v) is 33.5. The van der Waals surface area contributed by atoms with E-state index in [-0.39, 0.29) is 37.7 Å². The number of hydrogen-bond acceptors (Lipinski definition) is 0. The Kier molecular flexibility index (Phi) is 10.7. The van der Waals surface area contributed by atoms with Gasteiger partial charge in [-0.2, -0.15) is 0 Å². The van der Waals surface area contributed by atoms with Crippen molar-refractivity contribution in [1.29, 1.82) is 0 Å². The van der Waals surface area contributed by atoms with Gasteiger partial charge in [-0.3, -0.25) is 0 Å². The van der Waals surface area contributed by atoms with E-state index in [9.17, 15) is 0 Å². The average molecular weight is 308 g/mol. The molecule has 0 aromatic heterocycles. The molecule has 0 radical (unpaired) electrons. The smallest absolute Gasteiger partial charge is 1.00 e. The van der Waals surface area contributed by atoms with Gasteiger partial charge in [0.2, 0.25) is 0 Å². The molecule has 0 aliphatic rings. The van der Waals surface area contributed by atoms with E-state index in [1.807, 2.05) is 0 Å². The molecule has 19 heavy (non-hydrogen) atoms. The molecule has 0 bridgehead atoms. The van der Waals surface area contributed by atoms with Crippen LogP contribution in [0, 0.1) is 5.92 Å². The van der Waals surface area contributed by atoms with E-state index in [0.717, 1.165) is 5.92 Å². The van der Waals surface area contributed by atoms with Crippen molar-refractivity contribution >= 4 is 0 Å². The molecule has 0 aromatic rings. The first-order valence-electron chi connectivity index (χ1n) is 7.62. The van der Waals surface area contributed by atoms with Gasteiger partial charge in [0, 0.05) is 0 Å². The fraction of sp³-hybridized carbons (Fsp3) is 1.00. The van der Waals surface area contributed by atoms with Crippen LogP contribution in [0.1, 0.15) is 76.2 Å². The van der Waals surface area contributed by atoms with E-state index in [2.05, 4.69) is 76.2 Å². The van der Waals surface area contributed by atoms with E-state index < -0.39 is 14.8 Å². The van der Waals surface area contributed by atoms with Crippen molar-refractivity contribution in [1.82, 2.24) is 0 Å². The van der Waals surface area contributed by atoms with Crippen molar-refractivity contribution in [3.05, 3.63) is 0 Å². The van der Waals surface area contributed by atoms with Crippen LogP contribution in [-0.2, 0) is 14.8 Å². The molecule has 0 aliphatic heterocycles. The van der Waals surface area contributed by atoms with Crippen molar-refractivity contribution in [2.45, 2.75) is 93.2 Å². The third-order valence-electron chi connectivity index (χ3n) is 6.44. The zero-order valence-corrected chi connectivity index (χ0v) is 19.5. The van der Waals surface area contributed by atoms with Crippen LogP contribution in [0.2, 0.25) is 17.0 Å². The zero-order valence-electron chi connectivity index (χ0n) is 16.5. The summed E-state index contributed by atoms with van der Waals surface area (Å²) in [5.74, 6) is 0.840. The fourth-order valence-corrected chi connectivity index (χ4v) is 36.1. The summed E-state index contributed by atoms with van der Waals surface area (Å²) in [6, 6.07) is 0. The molecule has 104 valence electrons. The standard InChI is InChI=1S/4C4H9.2Li.Zn/c4*1-4(2)3;;;/h3*1-3H3;4H,1H2,2-3H3;;;/q;;;;2*+1;-2. The molecule has 0 spiro atoms. The molecule has 0 N–H and O–H groups in total. The summed E-state index contributed by atoms with van der Waals surface area (Å²) in [6.45, 7) is 27.5. The van der Waals surface area contributed by atoms with E-state index in [4.69, 9.17) is 0 Å². The van der Waals surface area contributed by atoms with Gasteiger partial charge in [0.25, 0.3) is 0 Å². The Morgan fingerprint density at radius 1 is 0.632 bits per heavy atom. The fourth-order valence-electron chi connectivity index (χ4n) is 6.94. The summed E-state index contributed by atoms with van der Waals surface area (Å²) < 4.78 is 1.60. The molecule has 0 atom stereocenters. The van der Waals surface area contributed by atoms with Gasteiger partial charge in [-0.25, -0.2) is 0 Å². The van der Waals surface area contributed by atoms with Crippen molar-refractivity contribution in [2.75, 3.05) is 0 Å². The molecule has 0 saturated heterocycles. The molecule has 0 aliphatic carbocycles. The van der Waals surface area contributed by atoms with Gasteiger partial charge in [0.15, 0.2) is 0 Å². The van der Waals surface area contributed by atoms with E-state index in [1.54, 1.807) is 0 Å². The topological polar surface area (TPSA) is 0 Å². The molecule has 0 heterocycles. The average Bonchev–Trinajstić information content (AvgIpc) is 1.91. The molecule has 0 aromatic carbocycles.